The van der Waals surface area contributed by atoms with Crippen LogP contribution in [0.5, 0.6) is 0 Å². The molecule has 0 amide bonds. The average Bonchev–Trinajstić information content (AvgIpc) is 2.51. The number of aromatic nitrogens is 4. The summed E-state index contributed by atoms with van der Waals surface area (Å²) >= 11 is 3.35. The van der Waals surface area contributed by atoms with Crippen LogP contribution in [0.4, 0.5) is 11.6 Å². The first-order valence-electron chi connectivity index (χ1n) is 5.93. The van der Waals surface area contributed by atoms with E-state index in [2.05, 4.69) is 41.2 Å². The first-order valence-corrected chi connectivity index (χ1v) is 6.72. The molecular formula is C14H10BrN5. The van der Waals surface area contributed by atoms with Gasteiger partial charge < -0.3 is 5.32 Å². The van der Waals surface area contributed by atoms with Crippen LogP contribution in [0.3, 0.4) is 0 Å². The second-order valence-corrected chi connectivity index (χ2v) is 4.90. The van der Waals surface area contributed by atoms with Gasteiger partial charge in [0.1, 0.15) is 17.3 Å². The zero-order valence-corrected chi connectivity index (χ0v) is 11.9. The minimum absolute atomic E-state index is 0.711. The fourth-order valence-corrected chi connectivity index (χ4v) is 1.89. The Kier molecular flexibility index (Phi) is 3.64. The highest BCUT2D eigenvalue weighted by Gasteiger charge is 2.03. The van der Waals surface area contributed by atoms with Crippen LogP contribution in [0.15, 0.2) is 59.6 Å². The molecule has 5 nitrogen and oxygen atoms in total. The quantitative estimate of drug-likeness (QED) is 0.798. The Hall–Kier alpha value is -2.34. The molecule has 0 aliphatic heterocycles. The SMILES string of the molecule is Brc1ccc(Nc2cccc(-c3cnccn3)n2)nc1. The average molecular weight is 328 g/mol. The number of anilines is 2. The Morgan fingerprint density at radius 1 is 0.850 bits per heavy atom. The van der Waals surface area contributed by atoms with E-state index < -0.39 is 0 Å². The van der Waals surface area contributed by atoms with Gasteiger partial charge in [0.05, 0.1) is 11.9 Å². The molecule has 98 valence electrons. The van der Waals surface area contributed by atoms with E-state index in [1.54, 1.807) is 24.8 Å². The van der Waals surface area contributed by atoms with Crippen molar-refractivity contribution in [3.8, 4) is 11.4 Å². The van der Waals surface area contributed by atoms with Gasteiger partial charge in [-0.05, 0) is 40.2 Å². The number of nitrogens with zero attached hydrogens (tertiary/aromatic N) is 4. The third-order valence-electron chi connectivity index (χ3n) is 2.56. The molecule has 0 aliphatic carbocycles. The van der Waals surface area contributed by atoms with Crippen LogP contribution in [-0.2, 0) is 0 Å². The summed E-state index contributed by atoms with van der Waals surface area (Å²) in [7, 11) is 0. The molecule has 0 unspecified atom stereocenters. The maximum Gasteiger partial charge on any atom is 0.132 e. The normalized spacial score (nSPS) is 10.2. The van der Waals surface area contributed by atoms with E-state index in [1.165, 1.54) is 0 Å². The van der Waals surface area contributed by atoms with E-state index in [0.29, 0.717) is 5.82 Å². The Morgan fingerprint density at radius 3 is 2.55 bits per heavy atom. The van der Waals surface area contributed by atoms with Crippen molar-refractivity contribution in [2.24, 2.45) is 0 Å². The Bertz CT molecular complexity index is 700. The highest BCUT2D eigenvalue weighted by molar-refractivity contribution is 9.10. The number of pyridine rings is 2. The highest BCUT2D eigenvalue weighted by Crippen LogP contribution is 2.18. The Labute approximate surface area is 124 Å². The van der Waals surface area contributed by atoms with Crippen LogP contribution in [0.2, 0.25) is 0 Å². The maximum absolute atomic E-state index is 4.50. The minimum Gasteiger partial charge on any atom is -0.325 e. The predicted octanol–water partition coefficient (Wildman–Crippen LogP) is 3.44. The molecule has 3 heterocycles. The number of nitrogens with one attached hydrogen (secondary N) is 1. The van der Waals surface area contributed by atoms with Crippen LogP contribution in [0, 0.1) is 0 Å². The van der Waals surface area contributed by atoms with E-state index in [-0.39, 0.29) is 0 Å². The van der Waals surface area contributed by atoms with Crippen LogP contribution in [0.25, 0.3) is 11.4 Å². The highest BCUT2D eigenvalue weighted by atomic mass is 79.9. The van der Waals surface area contributed by atoms with Gasteiger partial charge in [-0.15, -0.1) is 0 Å². The first-order chi connectivity index (χ1) is 9.81. The van der Waals surface area contributed by atoms with E-state index in [4.69, 9.17) is 0 Å². The number of hydrogen-bond acceptors (Lipinski definition) is 5. The lowest BCUT2D eigenvalue weighted by Crippen LogP contribution is -1.97. The third-order valence-corrected chi connectivity index (χ3v) is 3.03. The fourth-order valence-electron chi connectivity index (χ4n) is 1.66. The summed E-state index contributed by atoms with van der Waals surface area (Å²) in [6.07, 6.45) is 6.70. The molecule has 0 radical (unpaired) electrons. The Balaban J connectivity index is 1.86. The Morgan fingerprint density at radius 2 is 1.80 bits per heavy atom. The van der Waals surface area contributed by atoms with Gasteiger partial charge in [0.25, 0.3) is 0 Å². The van der Waals surface area contributed by atoms with Gasteiger partial charge in [-0.1, -0.05) is 6.07 Å². The van der Waals surface area contributed by atoms with Crippen molar-refractivity contribution >= 4 is 27.6 Å². The first kappa shape index (κ1) is 12.7. The van der Waals surface area contributed by atoms with Crippen molar-refractivity contribution in [1.29, 1.82) is 0 Å². The molecule has 1 N–H and O–H groups in total. The van der Waals surface area contributed by atoms with E-state index in [9.17, 15) is 0 Å². The minimum atomic E-state index is 0.711. The van der Waals surface area contributed by atoms with Gasteiger partial charge in [-0.2, -0.15) is 0 Å². The summed E-state index contributed by atoms with van der Waals surface area (Å²) in [4.78, 5) is 17.0. The van der Waals surface area contributed by atoms with Gasteiger partial charge in [0.15, 0.2) is 0 Å². The number of halogens is 1. The molecule has 0 aromatic carbocycles. The molecule has 0 fully saturated rings. The second kappa shape index (κ2) is 5.75. The lowest BCUT2D eigenvalue weighted by molar-refractivity contribution is 1.17. The monoisotopic (exact) mass is 327 g/mol. The van der Waals surface area contributed by atoms with E-state index >= 15 is 0 Å². The summed E-state index contributed by atoms with van der Waals surface area (Å²) in [5, 5.41) is 3.15. The molecule has 0 atom stereocenters. The van der Waals surface area contributed by atoms with Gasteiger partial charge in [-0.3, -0.25) is 9.97 Å². The van der Waals surface area contributed by atoms with Crippen LogP contribution < -0.4 is 5.32 Å². The van der Waals surface area contributed by atoms with Crippen LogP contribution in [0.1, 0.15) is 0 Å². The molecule has 3 aromatic rings. The lowest BCUT2D eigenvalue weighted by atomic mass is 10.3. The zero-order valence-electron chi connectivity index (χ0n) is 10.4. The molecule has 3 rings (SSSR count). The molecular weight excluding hydrogens is 318 g/mol. The molecule has 0 saturated carbocycles. The van der Waals surface area contributed by atoms with Gasteiger partial charge >= 0.3 is 0 Å². The second-order valence-electron chi connectivity index (χ2n) is 3.99. The van der Waals surface area contributed by atoms with Crippen LogP contribution >= 0.6 is 15.9 Å². The van der Waals surface area contributed by atoms with Gasteiger partial charge in [0.2, 0.25) is 0 Å². The van der Waals surface area contributed by atoms with E-state index in [1.807, 2.05) is 30.3 Å². The summed E-state index contributed by atoms with van der Waals surface area (Å²) in [5.74, 6) is 1.44. The third kappa shape index (κ3) is 2.97. The van der Waals surface area contributed by atoms with Crippen molar-refractivity contribution in [2.45, 2.75) is 0 Å². The molecule has 0 aliphatic rings. The topological polar surface area (TPSA) is 63.6 Å². The molecule has 3 aromatic heterocycles. The smallest absolute Gasteiger partial charge is 0.132 e. The summed E-state index contributed by atoms with van der Waals surface area (Å²) in [6, 6.07) is 9.48. The molecule has 0 saturated heterocycles. The molecule has 20 heavy (non-hydrogen) atoms. The summed E-state index contributed by atoms with van der Waals surface area (Å²) in [6.45, 7) is 0. The molecule has 0 spiro atoms. The summed E-state index contributed by atoms with van der Waals surface area (Å²) in [5.41, 5.74) is 1.50. The predicted molar refractivity (Wildman–Crippen MR) is 80.5 cm³/mol. The van der Waals surface area contributed by atoms with Crippen molar-refractivity contribution in [1.82, 2.24) is 19.9 Å². The summed E-state index contributed by atoms with van der Waals surface area (Å²) < 4.78 is 0.935. The molecule has 0 bridgehead atoms. The van der Waals surface area contributed by atoms with Crippen molar-refractivity contribution in [3.05, 3.63) is 59.6 Å². The standard InChI is InChI=1S/C14H10BrN5/c15-10-4-5-13(18-8-10)20-14-3-1-2-11(19-14)12-9-16-6-7-17-12/h1-9H,(H,18,19,20). The van der Waals surface area contributed by atoms with Crippen LogP contribution in [-0.4, -0.2) is 19.9 Å². The zero-order chi connectivity index (χ0) is 13.8. The van der Waals surface area contributed by atoms with Crippen molar-refractivity contribution < 1.29 is 0 Å². The van der Waals surface area contributed by atoms with Crippen molar-refractivity contribution in [2.75, 3.05) is 5.32 Å². The lowest BCUT2D eigenvalue weighted by Gasteiger charge is -2.06. The number of rotatable bonds is 3. The maximum atomic E-state index is 4.50. The van der Waals surface area contributed by atoms with Gasteiger partial charge in [0, 0.05) is 23.1 Å². The van der Waals surface area contributed by atoms with Gasteiger partial charge in [-0.25, -0.2) is 9.97 Å². The molecule has 6 heteroatoms. The van der Waals surface area contributed by atoms with E-state index in [0.717, 1.165) is 21.7 Å². The largest absolute Gasteiger partial charge is 0.325 e. The van der Waals surface area contributed by atoms with Crippen molar-refractivity contribution in [3.63, 3.8) is 0 Å². The number of hydrogen-bond donors (Lipinski definition) is 1. The fraction of sp³-hybridized carbons (Fsp3) is 0.